The number of rotatable bonds is 6. The first-order valence-corrected chi connectivity index (χ1v) is 6.74. The zero-order valence-electron chi connectivity index (χ0n) is 12.8. The number of nitrogens with one attached hydrogen (secondary N) is 1. The average molecular weight is 347 g/mol. The first kappa shape index (κ1) is 17.5. The predicted molar refractivity (Wildman–Crippen MR) is 87.6 cm³/mol. The number of aromatic hydroxyl groups is 2. The second-order valence-electron chi connectivity index (χ2n) is 4.76. The highest BCUT2D eigenvalue weighted by Crippen LogP contribution is 2.36. The molecule has 0 radical (unpaired) electrons. The maximum absolute atomic E-state index is 10.9. The fourth-order valence-electron chi connectivity index (χ4n) is 1.94. The molecule has 2 aromatic rings. The molecule has 0 aromatic heterocycles. The number of nitro groups is 1. The highest BCUT2D eigenvalue weighted by atomic mass is 16.6. The molecule has 0 aliphatic carbocycles. The molecule has 4 N–H and O–H groups in total. The van der Waals surface area contributed by atoms with Crippen molar-refractivity contribution in [2.75, 3.05) is 12.5 Å². The van der Waals surface area contributed by atoms with Crippen LogP contribution in [-0.2, 0) is 0 Å². The Hall–Kier alpha value is -3.82. The fraction of sp³-hybridized carbons (Fsp3) is 0.0667. The third-order valence-electron chi connectivity index (χ3n) is 3.13. The Kier molecular flexibility index (Phi) is 5.03. The molecular formula is C15H13N3O7. The molecule has 0 unspecified atom stereocenters. The minimum absolute atomic E-state index is 0.0894. The predicted octanol–water partition coefficient (Wildman–Crippen LogP) is 2.16. The van der Waals surface area contributed by atoms with Gasteiger partial charge >= 0.3 is 11.7 Å². The van der Waals surface area contributed by atoms with Gasteiger partial charge in [-0.2, -0.15) is 5.10 Å². The van der Waals surface area contributed by atoms with Crippen LogP contribution in [-0.4, -0.2) is 39.5 Å². The molecule has 0 amide bonds. The van der Waals surface area contributed by atoms with E-state index in [4.69, 9.17) is 9.84 Å². The molecule has 0 spiro atoms. The van der Waals surface area contributed by atoms with Crippen LogP contribution in [0, 0.1) is 10.1 Å². The number of carboxylic acid groups (broad SMARTS) is 1. The molecule has 0 aliphatic rings. The number of phenols is 2. The molecule has 2 rings (SSSR count). The number of carboxylic acids is 1. The van der Waals surface area contributed by atoms with Crippen molar-refractivity contribution in [1.82, 2.24) is 0 Å². The number of methoxy groups -OCH3 is 1. The highest BCUT2D eigenvalue weighted by Gasteiger charge is 2.19. The van der Waals surface area contributed by atoms with E-state index in [1.807, 2.05) is 0 Å². The van der Waals surface area contributed by atoms with Crippen LogP contribution in [0.2, 0.25) is 0 Å². The van der Waals surface area contributed by atoms with Crippen molar-refractivity contribution in [2.24, 2.45) is 5.10 Å². The van der Waals surface area contributed by atoms with E-state index in [0.29, 0.717) is 0 Å². The van der Waals surface area contributed by atoms with E-state index in [1.54, 1.807) is 0 Å². The molecule has 0 aliphatic heterocycles. The van der Waals surface area contributed by atoms with Crippen molar-refractivity contribution < 1.29 is 29.8 Å². The zero-order valence-corrected chi connectivity index (χ0v) is 12.8. The van der Waals surface area contributed by atoms with Crippen molar-refractivity contribution in [2.45, 2.75) is 0 Å². The largest absolute Gasteiger partial charge is 0.507 e. The number of phenolic OH excluding ortho intramolecular Hbond substituents is 1. The van der Waals surface area contributed by atoms with Gasteiger partial charge in [0.2, 0.25) is 5.75 Å². The summed E-state index contributed by atoms with van der Waals surface area (Å²) in [5.74, 6) is -2.37. The Morgan fingerprint density at radius 2 is 2.04 bits per heavy atom. The summed E-state index contributed by atoms with van der Waals surface area (Å²) in [5.41, 5.74) is 2.25. The van der Waals surface area contributed by atoms with Gasteiger partial charge in [-0.1, -0.05) is 0 Å². The third-order valence-corrected chi connectivity index (χ3v) is 3.13. The highest BCUT2D eigenvalue weighted by molar-refractivity contribution is 5.92. The van der Waals surface area contributed by atoms with Gasteiger partial charge < -0.3 is 20.1 Å². The van der Waals surface area contributed by atoms with Crippen LogP contribution in [0.1, 0.15) is 15.9 Å². The second kappa shape index (κ2) is 7.17. The topological polar surface area (TPSA) is 155 Å². The van der Waals surface area contributed by atoms with Crippen molar-refractivity contribution >= 4 is 23.6 Å². The SMILES string of the molecule is COc1cc(C=NNc2ccc(O)c(C(=O)O)c2)cc([N+](=O)[O-])c1O. The van der Waals surface area contributed by atoms with Crippen LogP contribution in [0.15, 0.2) is 35.4 Å². The molecule has 0 fully saturated rings. The Bertz CT molecular complexity index is 864. The number of hydrogen-bond acceptors (Lipinski definition) is 8. The lowest BCUT2D eigenvalue weighted by molar-refractivity contribution is -0.386. The van der Waals surface area contributed by atoms with Crippen LogP contribution in [0.3, 0.4) is 0 Å². The van der Waals surface area contributed by atoms with Gasteiger partial charge in [-0.3, -0.25) is 15.5 Å². The van der Waals surface area contributed by atoms with Gasteiger partial charge in [0, 0.05) is 11.6 Å². The Morgan fingerprint density at radius 3 is 2.64 bits per heavy atom. The lowest BCUT2D eigenvalue weighted by Crippen LogP contribution is -1.99. The molecule has 0 bridgehead atoms. The summed E-state index contributed by atoms with van der Waals surface area (Å²) in [4.78, 5) is 21.1. The fourth-order valence-corrected chi connectivity index (χ4v) is 1.94. The molecule has 130 valence electrons. The zero-order chi connectivity index (χ0) is 18.6. The van der Waals surface area contributed by atoms with E-state index in [1.165, 1.54) is 37.6 Å². The number of anilines is 1. The maximum atomic E-state index is 10.9. The van der Waals surface area contributed by atoms with Crippen LogP contribution < -0.4 is 10.2 Å². The number of nitrogens with zero attached hydrogens (tertiary/aromatic N) is 2. The Balaban J connectivity index is 2.25. The first-order chi connectivity index (χ1) is 11.8. The van der Waals surface area contributed by atoms with Crippen molar-refractivity contribution in [3.63, 3.8) is 0 Å². The maximum Gasteiger partial charge on any atom is 0.339 e. The smallest absolute Gasteiger partial charge is 0.339 e. The summed E-state index contributed by atoms with van der Waals surface area (Å²) in [6, 6.07) is 6.21. The minimum Gasteiger partial charge on any atom is -0.507 e. The van der Waals surface area contributed by atoms with Gasteiger partial charge in [0.05, 0.1) is 23.9 Å². The molecule has 0 saturated carbocycles. The van der Waals surface area contributed by atoms with Gasteiger partial charge in [0.1, 0.15) is 11.3 Å². The molecule has 10 nitrogen and oxygen atoms in total. The number of hydrogen-bond donors (Lipinski definition) is 4. The average Bonchev–Trinajstić information content (AvgIpc) is 2.57. The van der Waals surface area contributed by atoms with E-state index in [2.05, 4.69) is 10.5 Å². The third kappa shape index (κ3) is 3.93. The van der Waals surface area contributed by atoms with Crippen LogP contribution in [0.25, 0.3) is 0 Å². The minimum atomic E-state index is -1.30. The number of carbonyl (C=O) groups is 1. The van der Waals surface area contributed by atoms with Crippen LogP contribution >= 0.6 is 0 Å². The molecule has 2 aromatic carbocycles. The van der Waals surface area contributed by atoms with E-state index in [9.17, 15) is 25.1 Å². The molecule has 0 heterocycles. The number of nitro benzene ring substituents is 1. The van der Waals surface area contributed by atoms with E-state index >= 15 is 0 Å². The molecule has 0 saturated heterocycles. The monoisotopic (exact) mass is 347 g/mol. The Labute approximate surface area is 140 Å². The van der Waals surface area contributed by atoms with Gasteiger partial charge in [-0.05, 0) is 24.3 Å². The number of ether oxygens (including phenoxy) is 1. The van der Waals surface area contributed by atoms with Crippen LogP contribution in [0.4, 0.5) is 11.4 Å². The summed E-state index contributed by atoms with van der Waals surface area (Å²) in [6.07, 6.45) is 1.22. The van der Waals surface area contributed by atoms with Gasteiger partial charge in [0.25, 0.3) is 0 Å². The van der Waals surface area contributed by atoms with E-state index in [-0.39, 0.29) is 28.3 Å². The summed E-state index contributed by atoms with van der Waals surface area (Å²) in [5, 5.41) is 42.8. The normalized spacial score (nSPS) is 10.6. The van der Waals surface area contributed by atoms with E-state index < -0.39 is 22.3 Å². The second-order valence-corrected chi connectivity index (χ2v) is 4.76. The Morgan fingerprint density at radius 1 is 1.32 bits per heavy atom. The van der Waals surface area contributed by atoms with Crippen molar-refractivity contribution in [1.29, 1.82) is 0 Å². The van der Waals surface area contributed by atoms with Gasteiger partial charge in [0.15, 0.2) is 5.75 Å². The quantitative estimate of drug-likeness (QED) is 0.268. The summed E-state index contributed by atoms with van der Waals surface area (Å²) >= 11 is 0. The number of benzene rings is 2. The molecule has 25 heavy (non-hydrogen) atoms. The number of hydrazone groups is 1. The lowest BCUT2D eigenvalue weighted by atomic mass is 10.2. The van der Waals surface area contributed by atoms with Gasteiger partial charge in [-0.25, -0.2) is 4.79 Å². The lowest BCUT2D eigenvalue weighted by Gasteiger charge is -2.06. The number of aromatic carboxylic acids is 1. The van der Waals surface area contributed by atoms with Gasteiger partial charge in [-0.15, -0.1) is 0 Å². The molecule has 10 heteroatoms. The first-order valence-electron chi connectivity index (χ1n) is 6.74. The molecule has 0 atom stereocenters. The van der Waals surface area contributed by atoms with E-state index in [0.717, 1.165) is 6.07 Å². The summed E-state index contributed by atoms with van der Waals surface area (Å²) in [6.45, 7) is 0. The molecular weight excluding hydrogens is 334 g/mol. The van der Waals surface area contributed by atoms with Crippen molar-refractivity contribution in [3.05, 3.63) is 51.6 Å². The summed E-state index contributed by atoms with van der Waals surface area (Å²) in [7, 11) is 1.25. The standard InChI is InChI=1S/C15H13N3O7/c1-25-13-5-8(4-11(14(13)20)18(23)24)7-16-17-9-2-3-12(19)10(6-9)15(21)22/h2-7,17,19-20H,1H3,(H,21,22). The summed E-state index contributed by atoms with van der Waals surface area (Å²) < 4.78 is 4.87. The van der Waals surface area contributed by atoms with Crippen LogP contribution in [0.5, 0.6) is 17.2 Å². The van der Waals surface area contributed by atoms with Crippen molar-refractivity contribution in [3.8, 4) is 17.2 Å².